The molecule has 0 saturated heterocycles. The average molecular weight is 372 g/mol. The molecular formula is C23H24N4O. The Labute approximate surface area is 164 Å². The number of aryl methyl sites for hydroxylation is 1. The zero-order valence-corrected chi connectivity index (χ0v) is 16.3. The van der Waals surface area contributed by atoms with Crippen molar-refractivity contribution in [1.29, 1.82) is 0 Å². The Morgan fingerprint density at radius 3 is 2.68 bits per heavy atom. The second-order valence-electron chi connectivity index (χ2n) is 8.17. The summed E-state index contributed by atoms with van der Waals surface area (Å²) in [5.41, 5.74) is 5.73. The summed E-state index contributed by atoms with van der Waals surface area (Å²) in [4.78, 5) is 12.6. The van der Waals surface area contributed by atoms with Gasteiger partial charge in [-0.3, -0.25) is 9.48 Å². The van der Waals surface area contributed by atoms with Gasteiger partial charge < -0.3 is 0 Å². The van der Waals surface area contributed by atoms with E-state index in [4.69, 9.17) is 5.10 Å². The van der Waals surface area contributed by atoms with E-state index in [1.54, 1.807) is 6.20 Å². The van der Waals surface area contributed by atoms with E-state index < -0.39 is 0 Å². The number of hydrogen-bond donors (Lipinski definition) is 0. The van der Waals surface area contributed by atoms with Crippen molar-refractivity contribution in [2.45, 2.75) is 38.0 Å². The highest BCUT2D eigenvalue weighted by Crippen LogP contribution is 2.55. The fourth-order valence-corrected chi connectivity index (χ4v) is 5.66. The van der Waals surface area contributed by atoms with Crippen LogP contribution in [0.5, 0.6) is 0 Å². The van der Waals surface area contributed by atoms with E-state index in [0.29, 0.717) is 18.1 Å². The van der Waals surface area contributed by atoms with E-state index in [2.05, 4.69) is 47.5 Å². The standard InChI is InChI=1S/C23H24N4O/c1-15-19-9-8-18-21(16-11-13-24-25-14-16)27(2)26-22(18)23(19,12-10-20(15)28)17-6-4-3-5-7-17/h3-7,11,13-15,19H,8-10,12H2,1-2H3/t15-,19-,23+/m0/s1. The molecule has 2 aliphatic carbocycles. The van der Waals surface area contributed by atoms with Gasteiger partial charge in [0, 0.05) is 35.9 Å². The number of rotatable bonds is 2. The van der Waals surface area contributed by atoms with Crippen molar-refractivity contribution in [3.63, 3.8) is 0 Å². The van der Waals surface area contributed by atoms with Gasteiger partial charge in [0.05, 0.1) is 23.8 Å². The summed E-state index contributed by atoms with van der Waals surface area (Å²) in [7, 11) is 2.01. The Kier molecular flexibility index (Phi) is 3.93. The van der Waals surface area contributed by atoms with Crippen molar-refractivity contribution in [2.75, 3.05) is 0 Å². The molecule has 0 N–H and O–H groups in total. The van der Waals surface area contributed by atoms with Crippen LogP contribution in [0, 0.1) is 11.8 Å². The summed E-state index contributed by atoms with van der Waals surface area (Å²) in [5, 5.41) is 13.1. The summed E-state index contributed by atoms with van der Waals surface area (Å²) in [5.74, 6) is 0.756. The Balaban J connectivity index is 1.77. The van der Waals surface area contributed by atoms with Gasteiger partial charge in [-0.2, -0.15) is 15.3 Å². The predicted molar refractivity (Wildman–Crippen MR) is 107 cm³/mol. The summed E-state index contributed by atoms with van der Waals surface area (Å²) in [6.45, 7) is 2.12. The number of nitrogens with zero attached hydrogens (tertiary/aromatic N) is 4. The summed E-state index contributed by atoms with van der Waals surface area (Å²) >= 11 is 0. The van der Waals surface area contributed by atoms with E-state index in [1.807, 2.05) is 24.0 Å². The van der Waals surface area contributed by atoms with Crippen LogP contribution in [0.2, 0.25) is 0 Å². The van der Waals surface area contributed by atoms with Gasteiger partial charge in [-0.1, -0.05) is 37.3 Å². The highest BCUT2D eigenvalue weighted by molar-refractivity contribution is 5.83. The lowest BCUT2D eigenvalue weighted by Crippen LogP contribution is -2.49. The number of ketones is 1. The number of hydrogen-bond acceptors (Lipinski definition) is 4. The van der Waals surface area contributed by atoms with Gasteiger partial charge in [-0.15, -0.1) is 0 Å². The van der Waals surface area contributed by atoms with Crippen LogP contribution in [0.4, 0.5) is 0 Å². The molecule has 2 aliphatic rings. The van der Waals surface area contributed by atoms with Gasteiger partial charge in [-0.25, -0.2) is 0 Å². The van der Waals surface area contributed by atoms with Crippen LogP contribution in [-0.2, 0) is 23.7 Å². The predicted octanol–water partition coefficient (Wildman–Crippen LogP) is 3.72. The number of carbonyl (C=O) groups excluding carboxylic acids is 1. The third-order valence-corrected chi connectivity index (χ3v) is 6.93. The first-order valence-electron chi connectivity index (χ1n) is 10.0. The molecule has 2 aromatic heterocycles. The number of fused-ring (bicyclic) bond motifs is 3. The SMILES string of the molecule is C[C@@H]1C(=O)CC[C@]2(c3ccccc3)c3nn(C)c(-c4ccnnc4)c3CC[C@@H]12. The first-order valence-corrected chi connectivity index (χ1v) is 10.0. The molecule has 1 aromatic carbocycles. The smallest absolute Gasteiger partial charge is 0.136 e. The van der Waals surface area contributed by atoms with Gasteiger partial charge in [0.1, 0.15) is 5.78 Å². The Morgan fingerprint density at radius 2 is 1.93 bits per heavy atom. The van der Waals surface area contributed by atoms with Crippen molar-refractivity contribution in [3.05, 3.63) is 65.6 Å². The zero-order chi connectivity index (χ0) is 19.3. The first kappa shape index (κ1) is 17.3. The van der Waals surface area contributed by atoms with Crippen molar-refractivity contribution in [2.24, 2.45) is 18.9 Å². The monoisotopic (exact) mass is 372 g/mol. The molecule has 3 aromatic rings. The Bertz CT molecular complexity index is 1030. The molecule has 3 atom stereocenters. The lowest BCUT2D eigenvalue weighted by Gasteiger charge is -2.49. The molecular weight excluding hydrogens is 348 g/mol. The average Bonchev–Trinajstić information content (AvgIpc) is 3.08. The van der Waals surface area contributed by atoms with Crippen molar-refractivity contribution in [1.82, 2.24) is 20.0 Å². The minimum atomic E-state index is -0.196. The summed E-state index contributed by atoms with van der Waals surface area (Å²) in [6.07, 6.45) is 6.95. The number of aromatic nitrogens is 4. The highest BCUT2D eigenvalue weighted by Gasteiger charge is 2.54. The maximum Gasteiger partial charge on any atom is 0.136 e. The van der Waals surface area contributed by atoms with Crippen molar-refractivity contribution >= 4 is 5.78 Å². The van der Waals surface area contributed by atoms with Crippen LogP contribution in [-0.4, -0.2) is 25.8 Å². The zero-order valence-electron chi connectivity index (χ0n) is 16.3. The molecule has 0 spiro atoms. The van der Waals surface area contributed by atoms with Crippen LogP contribution in [0.15, 0.2) is 48.8 Å². The van der Waals surface area contributed by atoms with Crippen LogP contribution < -0.4 is 0 Å². The van der Waals surface area contributed by atoms with E-state index in [0.717, 1.165) is 36.2 Å². The second kappa shape index (κ2) is 6.36. The number of Topliss-reactive ketones (excluding diaryl/α,β-unsaturated/α-hetero) is 1. The molecule has 142 valence electrons. The fraction of sp³-hybridized carbons (Fsp3) is 0.391. The lowest BCUT2D eigenvalue weighted by molar-refractivity contribution is -0.128. The second-order valence-corrected chi connectivity index (χ2v) is 8.17. The van der Waals surface area contributed by atoms with Gasteiger partial charge in [-0.05, 0) is 36.8 Å². The number of benzene rings is 1. The molecule has 0 unspecified atom stereocenters. The minimum Gasteiger partial charge on any atom is -0.299 e. The first-order chi connectivity index (χ1) is 13.6. The van der Waals surface area contributed by atoms with Crippen molar-refractivity contribution < 1.29 is 4.79 Å². The van der Waals surface area contributed by atoms with Crippen LogP contribution in [0.25, 0.3) is 11.3 Å². The molecule has 0 amide bonds. The molecule has 1 fully saturated rings. The largest absolute Gasteiger partial charge is 0.299 e. The molecule has 0 radical (unpaired) electrons. The Hall–Kier alpha value is -2.82. The number of carbonyl (C=O) groups is 1. The molecule has 1 saturated carbocycles. The van der Waals surface area contributed by atoms with Gasteiger partial charge >= 0.3 is 0 Å². The molecule has 2 heterocycles. The molecule has 5 heteroatoms. The molecule has 0 bridgehead atoms. The maximum absolute atomic E-state index is 12.6. The molecule has 5 nitrogen and oxygen atoms in total. The third-order valence-electron chi connectivity index (χ3n) is 6.93. The molecule has 5 rings (SSSR count). The lowest BCUT2D eigenvalue weighted by atomic mass is 9.53. The summed E-state index contributed by atoms with van der Waals surface area (Å²) < 4.78 is 2.00. The normalized spacial score (nSPS) is 26.6. The molecule has 28 heavy (non-hydrogen) atoms. The van der Waals surface area contributed by atoms with Crippen LogP contribution in [0.1, 0.15) is 43.0 Å². The van der Waals surface area contributed by atoms with E-state index in [-0.39, 0.29) is 11.3 Å². The molecule has 0 aliphatic heterocycles. The van der Waals surface area contributed by atoms with Crippen LogP contribution >= 0.6 is 0 Å². The maximum atomic E-state index is 12.6. The minimum absolute atomic E-state index is 0.0650. The fourth-order valence-electron chi connectivity index (χ4n) is 5.66. The van der Waals surface area contributed by atoms with Gasteiger partial charge in [0.15, 0.2) is 0 Å². The van der Waals surface area contributed by atoms with Gasteiger partial charge in [0.2, 0.25) is 0 Å². The van der Waals surface area contributed by atoms with Crippen molar-refractivity contribution in [3.8, 4) is 11.3 Å². The summed E-state index contributed by atoms with van der Waals surface area (Å²) in [6, 6.07) is 12.7. The third kappa shape index (κ3) is 2.32. The van der Waals surface area contributed by atoms with Crippen LogP contribution in [0.3, 0.4) is 0 Å². The van der Waals surface area contributed by atoms with Gasteiger partial charge in [0.25, 0.3) is 0 Å². The van der Waals surface area contributed by atoms with E-state index in [9.17, 15) is 4.79 Å². The van der Waals surface area contributed by atoms with E-state index in [1.165, 1.54) is 11.1 Å². The Morgan fingerprint density at radius 1 is 1.11 bits per heavy atom. The quantitative estimate of drug-likeness (QED) is 0.688. The highest BCUT2D eigenvalue weighted by atomic mass is 16.1. The van der Waals surface area contributed by atoms with E-state index >= 15 is 0 Å². The topological polar surface area (TPSA) is 60.7 Å².